The van der Waals surface area contributed by atoms with E-state index >= 15 is 0 Å². The fraction of sp³-hybridized carbons (Fsp3) is 0.615. The molecule has 1 N–H and O–H groups in total. The van der Waals surface area contributed by atoms with Crippen molar-refractivity contribution in [2.75, 3.05) is 25.1 Å². The Morgan fingerprint density at radius 1 is 1.35 bits per heavy atom. The smallest absolute Gasteiger partial charge is 0.126 e. The van der Waals surface area contributed by atoms with Gasteiger partial charge in [0.1, 0.15) is 5.82 Å². The van der Waals surface area contributed by atoms with Gasteiger partial charge in [0.05, 0.1) is 12.3 Å². The third kappa shape index (κ3) is 6.03. The number of aryl methyl sites for hydroxylation is 1. The largest absolute Gasteiger partial charge is 0.380 e. The fourth-order valence-corrected chi connectivity index (χ4v) is 1.54. The highest BCUT2D eigenvalue weighted by molar-refractivity contribution is 9.10. The molecular formula is C13H21BrN2O. The fourth-order valence-electron chi connectivity index (χ4n) is 1.31. The lowest BCUT2D eigenvalue weighted by molar-refractivity contribution is 0.132. The van der Waals surface area contributed by atoms with Crippen molar-refractivity contribution in [1.82, 2.24) is 4.98 Å². The quantitative estimate of drug-likeness (QED) is 0.781. The van der Waals surface area contributed by atoms with E-state index in [-0.39, 0.29) is 0 Å². The van der Waals surface area contributed by atoms with Gasteiger partial charge in [-0.15, -0.1) is 0 Å². The lowest BCUT2D eigenvalue weighted by atomic mass is 10.1. The molecule has 1 aromatic rings. The average molecular weight is 301 g/mol. The Hall–Kier alpha value is -0.610. The van der Waals surface area contributed by atoms with Crippen LogP contribution in [0.1, 0.15) is 26.0 Å². The number of nitrogens with zero attached hydrogens (tertiary/aromatic N) is 1. The number of aromatic nitrogens is 1. The molecular weight excluding hydrogens is 280 g/mol. The first kappa shape index (κ1) is 14.5. The second kappa shape index (κ2) is 7.67. The minimum Gasteiger partial charge on any atom is -0.380 e. The Morgan fingerprint density at radius 2 is 2.12 bits per heavy atom. The van der Waals surface area contributed by atoms with Crippen molar-refractivity contribution in [2.45, 2.75) is 27.2 Å². The summed E-state index contributed by atoms with van der Waals surface area (Å²) >= 11 is 3.43. The topological polar surface area (TPSA) is 34.2 Å². The van der Waals surface area contributed by atoms with Gasteiger partial charge in [-0.2, -0.15) is 0 Å². The van der Waals surface area contributed by atoms with Crippen molar-refractivity contribution >= 4 is 21.7 Å². The van der Waals surface area contributed by atoms with Crippen LogP contribution in [0.3, 0.4) is 0 Å². The van der Waals surface area contributed by atoms with E-state index in [2.05, 4.69) is 40.1 Å². The highest BCUT2D eigenvalue weighted by Gasteiger charge is 1.98. The normalized spacial score (nSPS) is 10.9. The highest BCUT2D eigenvalue weighted by atomic mass is 79.9. The summed E-state index contributed by atoms with van der Waals surface area (Å²) in [7, 11) is 0. The van der Waals surface area contributed by atoms with Crippen LogP contribution in [0.2, 0.25) is 0 Å². The van der Waals surface area contributed by atoms with Crippen LogP contribution in [0.25, 0.3) is 0 Å². The van der Waals surface area contributed by atoms with Crippen LogP contribution in [0.4, 0.5) is 5.82 Å². The molecule has 0 spiro atoms. The predicted octanol–water partition coefficient (Wildman–Crippen LogP) is 3.63. The molecule has 1 heterocycles. The van der Waals surface area contributed by atoms with Crippen molar-refractivity contribution < 1.29 is 4.74 Å². The lowest BCUT2D eigenvalue weighted by Crippen LogP contribution is -2.11. The molecule has 4 heteroatoms. The van der Waals surface area contributed by atoms with Crippen molar-refractivity contribution in [3.63, 3.8) is 0 Å². The zero-order chi connectivity index (χ0) is 12.7. The molecule has 0 amide bonds. The Labute approximate surface area is 112 Å². The third-order valence-electron chi connectivity index (χ3n) is 2.41. The van der Waals surface area contributed by atoms with Gasteiger partial charge in [-0.3, -0.25) is 0 Å². The van der Waals surface area contributed by atoms with E-state index in [4.69, 9.17) is 4.74 Å². The summed E-state index contributed by atoms with van der Waals surface area (Å²) < 4.78 is 6.56. The van der Waals surface area contributed by atoms with Gasteiger partial charge in [0, 0.05) is 17.6 Å². The number of pyridine rings is 1. The van der Waals surface area contributed by atoms with Gasteiger partial charge in [-0.1, -0.05) is 13.8 Å². The van der Waals surface area contributed by atoms with Crippen molar-refractivity contribution in [2.24, 2.45) is 5.92 Å². The molecule has 0 radical (unpaired) electrons. The Kier molecular flexibility index (Phi) is 6.52. The molecule has 96 valence electrons. The summed E-state index contributed by atoms with van der Waals surface area (Å²) in [4.78, 5) is 4.41. The van der Waals surface area contributed by atoms with E-state index in [9.17, 15) is 0 Å². The van der Waals surface area contributed by atoms with Crippen molar-refractivity contribution in [3.05, 3.63) is 22.3 Å². The molecule has 0 fully saturated rings. The van der Waals surface area contributed by atoms with Crippen LogP contribution in [0.15, 0.2) is 16.6 Å². The summed E-state index contributed by atoms with van der Waals surface area (Å²) in [6, 6.07) is 3.97. The van der Waals surface area contributed by atoms with Gasteiger partial charge in [-0.25, -0.2) is 4.98 Å². The average Bonchev–Trinajstić information content (AvgIpc) is 2.27. The van der Waals surface area contributed by atoms with E-state index < -0.39 is 0 Å². The number of ether oxygens (including phenoxy) is 1. The molecule has 3 nitrogen and oxygen atoms in total. The first-order valence-corrected chi connectivity index (χ1v) is 6.83. The Balaban J connectivity index is 2.16. The molecule has 0 aromatic carbocycles. The van der Waals surface area contributed by atoms with Gasteiger partial charge in [-0.05, 0) is 47.3 Å². The molecule has 0 saturated carbocycles. The van der Waals surface area contributed by atoms with Crippen LogP contribution < -0.4 is 5.32 Å². The first-order chi connectivity index (χ1) is 8.09. The number of halogens is 1. The van der Waals surface area contributed by atoms with Crippen LogP contribution in [-0.4, -0.2) is 24.7 Å². The summed E-state index contributed by atoms with van der Waals surface area (Å²) in [6.45, 7) is 8.75. The summed E-state index contributed by atoms with van der Waals surface area (Å²) in [5, 5.41) is 3.24. The summed E-state index contributed by atoms with van der Waals surface area (Å²) in [6.07, 6.45) is 1.12. The molecule has 0 aliphatic heterocycles. The summed E-state index contributed by atoms with van der Waals surface area (Å²) in [5.74, 6) is 1.61. The monoisotopic (exact) mass is 300 g/mol. The molecule has 0 saturated heterocycles. The van der Waals surface area contributed by atoms with E-state index in [0.29, 0.717) is 5.92 Å². The highest BCUT2D eigenvalue weighted by Crippen LogP contribution is 2.15. The van der Waals surface area contributed by atoms with Crippen LogP contribution in [0.5, 0.6) is 0 Å². The van der Waals surface area contributed by atoms with Gasteiger partial charge < -0.3 is 10.1 Å². The first-order valence-electron chi connectivity index (χ1n) is 6.04. The molecule has 0 unspecified atom stereocenters. The van der Waals surface area contributed by atoms with E-state index in [1.165, 1.54) is 0 Å². The zero-order valence-electron chi connectivity index (χ0n) is 10.8. The van der Waals surface area contributed by atoms with E-state index in [0.717, 1.165) is 42.2 Å². The lowest BCUT2D eigenvalue weighted by Gasteiger charge is -2.08. The number of nitrogens with one attached hydrogen (secondary N) is 1. The van der Waals surface area contributed by atoms with Gasteiger partial charge >= 0.3 is 0 Å². The maximum absolute atomic E-state index is 5.52. The summed E-state index contributed by atoms with van der Waals surface area (Å²) in [5.41, 5.74) is 0.996. The number of hydrogen-bond donors (Lipinski definition) is 1. The number of hydrogen-bond acceptors (Lipinski definition) is 3. The number of rotatable bonds is 7. The second-order valence-electron chi connectivity index (χ2n) is 4.49. The Morgan fingerprint density at radius 3 is 2.76 bits per heavy atom. The second-order valence-corrected chi connectivity index (χ2v) is 5.34. The molecule has 0 bridgehead atoms. The molecule has 0 aliphatic carbocycles. The maximum atomic E-state index is 5.52. The SMILES string of the molecule is Cc1nc(NCCOCCC(C)C)ccc1Br. The van der Waals surface area contributed by atoms with Crippen LogP contribution in [0, 0.1) is 12.8 Å². The molecule has 0 atom stereocenters. The standard InChI is InChI=1S/C13H21BrN2O/c1-10(2)6-8-17-9-7-15-13-5-4-12(14)11(3)16-13/h4-5,10H,6-9H2,1-3H3,(H,15,16). The van der Waals surface area contributed by atoms with Gasteiger partial charge in [0.2, 0.25) is 0 Å². The minimum atomic E-state index is 0.707. The van der Waals surface area contributed by atoms with Crippen molar-refractivity contribution in [3.8, 4) is 0 Å². The van der Waals surface area contributed by atoms with E-state index in [1.54, 1.807) is 0 Å². The molecule has 0 aliphatic rings. The predicted molar refractivity (Wildman–Crippen MR) is 75.4 cm³/mol. The minimum absolute atomic E-state index is 0.707. The van der Waals surface area contributed by atoms with Gasteiger partial charge in [0.25, 0.3) is 0 Å². The van der Waals surface area contributed by atoms with E-state index in [1.807, 2.05) is 19.1 Å². The number of anilines is 1. The Bertz CT molecular complexity index is 342. The molecule has 17 heavy (non-hydrogen) atoms. The maximum Gasteiger partial charge on any atom is 0.126 e. The van der Waals surface area contributed by atoms with Crippen LogP contribution in [-0.2, 0) is 4.74 Å². The zero-order valence-corrected chi connectivity index (χ0v) is 12.4. The van der Waals surface area contributed by atoms with Gasteiger partial charge in [0.15, 0.2) is 0 Å². The molecule has 1 aromatic heterocycles. The van der Waals surface area contributed by atoms with Crippen molar-refractivity contribution in [1.29, 1.82) is 0 Å². The molecule has 1 rings (SSSR count). The van der Waals surface area contributed by atoms with Crippen LogP contribution >= 0.6 is 15.9 Å². The third-order valence-corrected chi connectivity index (χ3v) is 3.25.